The van der Waals surface area contributed by atoms with Crippen LogP contribution in [0.1, 0.15) is 19.5 Å². The maximum absolute atomic E-state index is 12.1. The van der Waals surface area contributed by atoms with Crippen molar-refractivity contribution in [2.45, 2.75) is 25.7 Å². The number of nitrogens with zero attached hydrogens (tertiary/aromatic N) is 3. The second-order valence-electron chi connectivity index (χ2n) is 6.13. The number of aliphatic hydroxyl groups is 1. The highest BCUT2D eigenvalue weighted by Crippen LogP contribution is 2.31. The molecule has 1 saturated heterocycles. The molecule has 0 spiro atoms. The van der Waals surface area contributed by atoms with E-state index in [9.17, 15) is 9.90 Å². The molecule has 8 heteroatoms. The topological polar surface area (TPSA) is 79.0 Å². The molecule has 1 aromatic heterocycles. The van der Waals surface area contributed by atoms with Gasteiger partial charge in [0, 0.05) is 18.1 Å². The number of hydrogen-bond donors (Lipinski definition) is 1. The van der Waals surface area contributed by atoms with Gasteiger partial charge in [0.1, 0.15) is 17.0 Å². The summed E-state index contributed by atoms with van der Waals surface area (Å²) < 4.78 is 11.2. The van der Waals surface area contributed by atoms with Crippen LogP contribution in [0.3, 0.4) is 0 Å². The van der Waals surface area contributed by atoms with E-state index in [1.807, 2.05) is 13.8 Å². The van der Waals surface area contributed by atoms with E-state index < -0.39 is 11.8 Å². The lowest BCUT2D eigenvalue weighted by Gasteiger charge is -2.24. The molecule has 1 N–H and O–H groups in total. The summed E-state index contributed by atoms with van der Waals surface area (Å²) >= 11 is 5.87. The first-order chi connectivity index (χ1) is 11.3. The number of aromatic nitrogens is 1. The molecule has 0 saturated carbocycles. The highest BCUT2D eigenvalue weighted by Gasteiger charge is 2.38. The first-order valence-electron chi connectivity index (χ1n) is 7.42. The van der Waals surface area contributed by atoms with E-state index in [0.29, 0.717) is 16.5 Å². The molecule has 128 valence electrons. The Hall–Kier alpha value is -2.25. The van der Waals surface area contributed by atoms with Crippen LogP contribution in [0.5, 0.6) is 5.75 Å². The molecule has 1 aliphatic heterocycles. The third-order valence-corrected chi connectivity index (χ3v) is 4.06. The van der Waals surface area contributed by atoms with Gasteiger partial charge in [0.25, 0.3) is 0 Å². The van der Waals surface area contributed by atoms with E-state index in [-0.39, 0.29) is 18.5 Å². The molecule has 24 heavy (non-hydrogen) atoms. The molecule has 1 unspecified atom stereocenters. The SMILES string of the molecule is CN1CC(O)N(c2cc(C(C)(C)Oc3ccc(Cl)cc3)no2)C1=O. The van der Waals surface area contributed by atoms with Gasteiger partial charge in [-0.3, -0.25) is 0 Å². The quantitative estimate of drug-likeness (QED) is 0.916. The first kappa shape index (κ1) is 16.6. The van der Waals surface area contributed by atoms with Crippen molar-refractivity contribution in [2.75, 3.05) is 18.5 Å². The van der Waals surface area contributed by atoms with Gasteiger partial charge < -0.3 is 19.3 Å². The number of likely N-dealkylation sites (N-methyl/N-ethyl adjacent to an activating group) is 1. The zero-order valence-electron chi connectivity index (χ0n) is 13.6. The first-order valence-corrected chi connectivity index (χ1v) is 7.80. The normalized spacial score (nSPS) is 18.4. The lowest BCUT2D eigenvalue weighted by atomic mass is 10.1. The van der Waals surface area contributed by atoms with E-state index in [1.165, 1.54) is 4.90 Å². The Labute approximate surface area is 144 Å². The maximum atomic E-state index is 12.1. The number of β-amino-alcohol motifs (C(OH)–C–C–N with tert-alkyl or cyclic N) is 1. The molecule has 1 atom stereocenters. The molecule has 2 heterocycles. The van der Waals surface area contributed by atoms with E-state index in [4.69, 9.17) is 20.9 Å². The van der Waals surface area contributed by atoms with Crippen molar-refractivity contribution in [3.63, 3.8) is 0 Å². The Morgan fingerprint density at radius 1 is 1.38 bits per heavy atom. The van der Waals surface area contributed by atoms with Gasteiger partial charge >= 0.3 is 6.03 Å². The molecular weight excluding hydrogens is 334 g/mol. The minimum Gasteiger partial charge on any atom is -0.481 e. The van der Waals surface area contributed by atoms with Crippen LogP contribution in [0.2, 0.25) is 5.02 Å². The van der Waals surface area contributed by atoms with Gasteiger partial charge in [-0.15, -0.1) is 0 Å². The van der Waals surface area contributed by atoms with Gasteiger partial charge in [-0.05, 0) is 38.1 Å². The lowest BCUT2D eigenvalue weighted by Crippen LogP contribution is -2.34. The number of halogens is 1. The lowest BCUT2D eigenvalue weighted by molar-refractivity contribution is 0.0994. The Morgan fingerprint density at radius 3 is 2.62 bits per heavy atom. The van der Waals surface area contributed by atoms with Crippen LogP contribution < -0.4 is 9.64 Å². The predicted octanol–water partition coefficient (Wildman–Crippen LogP) is 2.83. The van der Waals surface area contributed by atoms with E-state index in [1.54, 1.807) is 37.4 Å². The summed E-state index contributed by atoms with van der Waals surface area (Å²) in [7, 11) is 1.61. The highest BCUT2D eigenvalue weighted by molar-refractivity contribution is 6.30. The summed E-state index contributed by atoms with van der Waals surface area (Å²) in [6.45, 7) is 3.87. The van der Waals surface area contributed by atoms with Gasteiger partial charge in [-0.2, -0.15) is 0 Å². The van der Waals surface area contributed by atoms with Crippen LogP contribution in [0.15, 0.2) is 34.9 Å². The molecule has 2 amide bonds. The van der Waals surface area contributed by atoms with Crippen molar-refractivity contribution in [3.8, 4) is 5.75 Å². The average molecular weight is 352 g/mol. The number of benzene rings is 1. The van der Waals surface area contributed by atoms with Crippen LogP contribution in [0.4, 0.5) is 10.7 Å². The molecule has 2 aromatic rings. The van der Waals surface area contributed by atoms with Gasteiger partial charge in [0.15, 0.2) is 6.23 Å². The minimum absolute atomic E-state index is 0.180. The van der Waals surface area contributed by atoms with Crippen molar-refractivity contribution in [1.82, 2.24) is 10.1 Å². The molecule has 1 aliphatic rings. The largest absolute Gasteiger partial charge is 0.481 e. The van der Waals surface area contributed by atoms with Gasteiger partial charge in [-0.1, -0.05) is 16.8 Å². The summed E-state index contributed by atoms with van der Waals surface area (Å²) in [6, 6.07) is 8.23. The average Bonchev–Trinajstić information content (AvgIpc) is 3.08. The summed E-state index contributed by atoms with van der Waals surface area (Å²) in [4.78, 5) is 14.6. The Kier molecular flexibility index (Phi) is 4.15. The Morgan fingerprint density at radius 2 is 2.04 bits per heavy atom. The van der Waals surface area contributed by atoms with Crippen LogP contribution in [0, 0.1) is 0 Å². The van der Waals surface area contributed by atoms with Crippen LogP contribution in [0.25, 0.3) is 0 Å². The second kappa shape index (κ2) is 5.99. The van der Waals surface area contributed by atoms with Crippen molar-refractivity contribution < 1.29 is 19.2 Å². The number of carbonyl (C=O) groups is 1. The molecule has 3 rings (SSSR count). The maximum Gasteiger partial charge on any atom is 0.329 e. The standard InChI is InChI=1S/C16H18ClN3O4/c1-16(2,23-11-6-4-10(17)5-7-11)12-8-14(24-18-12)20-13(21)9-19(3)15(20)22/h4-8,13,21H,9H2,1-3H3. The number of carbonyl (C=O) groups excluding carboxylic acids is 1. The summed E-state index contributed by atoms with van der Waals surface area (Å²) in [5, 5.41) is 14.6. The van der Waals surface area contributed by atoms with E-state index in [2.05, 4.69) is 5.16 Å². The number of hydrogen-bond acceptors (Lipinski definition) is 5. The smallest absolute Gasteiger partial charge is 0.329 e. The molecule has 0 radical (unpaired) electrons. The van der Waals surface area contributed by atoms with Gasteiger partial charge in [0.2, 0.25) is 5.88 Å². The van der Waals surface area contributed by atoms with Crippen LogP contribution in [-0.2, 0) is 5.60 Å². The summed E-state index contributed by atoms with van der Waals surface area (Å²) in [5.41, 5.74) is -0.295. The van der Waals surface area contributed by atoms with Crippen molar-refractivity contribution in [2.24, 2.45) is 0 Å². The molecule has 0 bridgehead atoms. The van der Waals surface area contributed by atoms with Gasteiger partial charge in [-0.25, -0.2) is 9.69 Å². The number of amides is 2. The number of rotatable bonds is 4. The fourth-order valence-corrected chi connectivity index (χ4v) is 2.60. The van der Waals surface area contributed by atoms with E-state index in [0.717, 1.165) is 4.90 Å². The molecular formula is C16H18ClN3O4. The van der Waals surface area contributed by atoms with Crippen molar-refractivity contribution in [1.29, 1.82) is 0 Å². The summed E-state index contributed by atoms with van der Waals surface area (Å²) in [5.74, 6) is 0.811. The van der Waals surface area contributed by atoms with Crippen molar-refractivity contribution >= 4 is 23.5 Å². The summed E-state index contributed by atoms with van der Waals surface area (Å²) in [6.07, 6.45) is -0.969. The van der Waals surface area contributed by atoms with Crippen LogP contribution >= 0.6 is 11.6 Å². The second-order valence-corrected chi connectivity index (χ2v) is 6.57. The van der Waals surface area contributed by atoms with E-state index >= 15 is 0 Å². The predicted molar refractivity (Wildman–Crippen MR) is 88.1 cm³/mol. The van der Waals surface area contributed by atoms with Gasteiger partial charge in [0.05, 0.1) is 6.54 Å². The third kappa shape index (κ3) is 3.05. The number of anilines is 1. The Bertz CT molecular complexity index is 744. The van der Waals surface area contributed by atoms with Crippen molar-refractivity contribution in [3.05, 3.63) is 41.0 Å². The minimum atomic E-state index is -0.969. The number of ether oxygens (including phenoxy) is 1. The molecule has 0 aliphatic carbocycles. The fourth-order valence-electron chi connectivity index (χ4n) is 2.47. The molecule has 1 aromatic carbocycles. The molecule has 7 nitrogen and oxygen atoms in total. The third-order valence-electron chi connectivity index (χ3n) is 3.81. The number of urea groups is 1. The Balaban J connectivity index is 1.81. The highest BCUT2D eigenvalue weighted by atomic mass is 35.5. The van der Waals surface area contributed by atoms with Crippen LogP contribution in [-0.4, -0.2) is 41.0 Å². The fraction of sp³-hybridized carbons (Fsp3) is 0.375. The monoisotopic (exact) mass is 351 g/mol. The number of aliphatic hydroxyl groups excluding tert-OH is 1. The molecule has 1 fully saturated rings. The zero-order valence-corrected chi connectivity index (χ0v) is 14.3. The zero-order chi connectivity index (χ0) is 17.5.